The number of amides is 1. The summed E-state index contributed by atoms with van der Waals surface area (Å²) in [6.45, 7) is 15.4. The van der Waals surface area contributed by atoms with Crippen molar-refractivity contribution in [3.05, 3.63) is 71.2 Å². The quantitative estimate of drug-likeness (QED) is 0.280. The summed E-state index contributed by atoms with van der Waals surface area (Å²) < 4.78 is 12.1. The number of allylic oxidation sites excluding steroid dienone is 3. The zero-order valence-corrected chi connectivity index (χ0v) is 23.8. The third kappa shape index (κ3) is 5.07. The lowest BCUT2D eigenvalue weighted by molar-refractivity contribution is -0.126. The fourth-order valence-electron chi connectivity index (χ4n) is 5.15. The molecule has 2 aromatic carbocycles. The molecule has 2 N–H and O–H groups in total. The van der Waals surface area contributed by atoms with Gasteiger partial charge in [0, 0.05) is 41.2 Å². The van der Waals surface area contributed by atoms with E-state index in [1.54, 1.807) is 36.3 Å². The predicted octanol–water partition coefficient (Wildman–Crippen LogP) is 7.08. The van der Waals surface area contributed by atoms with Gasteiger partial charge in [0.05, 0.1) is 23.1 Å². The maximum atomic E-state index is 13.0. The smallest absolute Gasteiger partial charge is 0.260 e. The summed E-state index contributed by atoms with van der Waals surface area (Å²) in [5.74, 6) is 2.27. The molecule has 0 bridgehead atoms. The first kappa shape index (κ1) is 27.5. The number of anilines is 1. The average molecular weight is 533 g/mol. The first-order valence-electron chi connectivity index (χ1n) is 12.8. The molecule has 0 fully saturated rings. The van der Waals surface area contributed by atoms with Gasteiger partial charge < -0.3 is 24.8 Å². The Labute approximate surface area is 229 Å². The largest absolute Gasteiger partial charge is 0.504 e. The maximum absolute atomic E-state index is 13.0. The number of fused-ring (bicyclic) bond motifs is 5. The minimum absolute atomic E-state index is 0.00333. The predicted molar refractivity (Wildman–Crippen MR) is 159 cm³/mol. The number of hydrogen-bond donors (Lipinski definition) is 2. The number of rotatable bonds is 8. The minimum atomic E-state index is -0.191. The highest BCUT2D eigenvalue weighted by atomic mass is 32.2. The molecule has 0 spiro atoms. The summed E-state index contributed by atoms with van der Waals surface area (Å²) in [6, 6.07) is 7.46. The van der Waals surface area contributed by atoms with E-state index in [0.717, 1.165) is 33.5 Å². The molecule has 0 saturated heterocycles. The van der Waals surface area contributed by atoms with E-state index < -0.39 is 0 Å². The van der Waals surface area contributed by atoms with Gasteiger partial charge in [-0.25, -0.2) is 0 Å². The standard InChI is InChI=1S/C31H36N2O4S/c1-8-11-25(30(35)33(9-2)10-3)38-17-16-24-27-20(28-23(37-24)15-14-22(34)29(28)36-7)12-13-21-26(27)19(4)18-31(5,6)32-21/h8,11-16,18,32,34H,1,9-10,17H2,2-7H3/b24-16-,25-11-. The van der Waals surface area contributed by atoms with Crippen LogP contribution in [0.1, 0.15) is 45.7 Å². The highest BCUT2D eigenvalue weighted by Crippen LogP contribution is 2.53. The van der Waals surface area contributed by atoms with E-state index in [9.17, 15) is 9.90 Å². The van der Waals surface area contributed by atoms with Crippen molar-refractivity contribution in [2.45, 2.75) is 40.2 Å². The fourth-order valence-corrected chi connectivity index (χ4v) is 6.01. The van der Waals surface area contributed by atoms with Crippen LogP contribution in [0.3, 0.4) is 0 Å². The molecule has 38 heavy (non-hydrogen) atoms. The summed E-state index contributed by atoms with van der Waals surface area (Å²) >= 11 is 1.46. The molecule has 2 aliphatic rings. The molecule has 0 unspecified atom stereocenters. The number of likely N-dealkylation sites (N-methyl/N-ethyl adjacent to an activating group) is 1. The normalized spacial score (nSPS) is 16.3. The molecule has 0 radical (unpaired) electrons. The van der Waals surface area contributed by atoms with Crippen LogP contribution in [0.4, 0.5) is 5.69 Å². The topological polar surface area (TPSA) is 71.0 Å². The molecule has 200 valence electrons. The zero-order chi connectivity index (χ0) is 27.6. The molecule has 0 atom stereocenters. The Bertz CT molecular complexity index is 1370. The number of benzene rings is 2. The van der Waals surface area contributed by atoms with Crippen LogP contribution < -0.4 is 14.8 Å². The summed E-state index contributed by atoms with van der Waals surface area (Å²) in [7, 11) is 1.55. The van der Waals surface area contributed by atoms with E-state index in [4.69, 9.17) is 9.47 Å². The molecule has 0 aliphatic carbocycles. The van der Waals surface area contributed by atoms with Gasteiger partial charge >= 0.3 is 0 Å². The van der Waals surface area contributed by atoms with Crippen LogP contribution in [0, 0.1) is 0 Å². The third-order valence-corrected chi connectivity index (χ3v) is 7.67. The third-order valence-electron chi connectivity index (χ3n) is 6.71. The molecular formula is C31H36N2O4S. The lowest BCUT2D eigenvalue weighted by Gasteiger charge is -2.35. The van der Waals surface area contributed by atoms with Crippen molar-refractivity contribution in [1.82, 2.24) is 4.90 Å². The molecule has 7 heteroatoms. The highest BCUT2D eigenvalue weighted by Gasteiger charge is 2.33. The molecule has 2 heterocycles. The lowest BCUT2D eigenvalue weighted by Crippen LogP contribution is -2.32. The molecular weight excluding hydrogens is 496 g/mol. The first-order chi connectivity index (χ1) is 18.1. The second-order valence-electron chi connectivity index (χ2n) is 9.80. The summed E-state index contributed by atoms with van der Waals surface area (Å²) in [5.41, 5.74) is 5.58. The van der Waals surface area contributed by atoms with Crippen LogP contribution in [-0.2, 0) is 4.79 Å². The fraction of sp³-hybridized carbons (Fsp3) is 0.323. The van der Waals surface area contributed by atoms with E-state index in [1.807, 2.05) is 26.0 Å². The lowest BCUT2D eigenvalue weighted by atomic mass is 9.83. The number of nitrogens with zero attached hydrogens (tertiary/aromatic N) is 1. The number of phenols is 1. The van der Waals surface area contributed by atoms with Crippen LogP contribution in [0.15, 0.2) is 60.1 Å². The van der Waals surface area contributed by atoms with Crippen molar-refractivity contribution >= 4 is 34.7 Å². The molecule has 0 aromatic heterocycles. The van der Waals surface area contributed by atoms with E-state index in [2.05, 4.69) is 44.8 Å². The van der Waals surface area contributed by atoms with Gasteiger partial charge in [-0.05, 0) is 70.5 Å². The Morgan fingerprint density at radius 2 is 1.92 bits per heavy atom. The number of methoxy groups -OCH3 is 1. The van der Waals surface area contributed by atoms with Gasteiger partial charge in [-0.15, -0.1) is 11.8 Å². The van der Waals surface area contributed by atoms with Crippen LogP contribution in [0.25, 0.3) is 22.5 Å². The Morgan fingerprint density at radius 1 is 1.18 bits per heavy atom. The van der Waals surface area contributed by atoms with Gasteiger partial charge in [0.2, 0.25) is 0 Å². The Kier molecular flexibility index (Phi) is 7.97. The van der Waals surface area contributed by atoms with E-state index in [0.29, 0.717) is 41.0 Å². The van der Waals surface area contributed by atoms with Gasteiger partial charge in [-0.3, -0.25) is 4.79 Å². The highest BCUT2D eigenvalue weighted by molar-refractivity contribution is 8.04. The Balaban J connectivity index is 1.82. The molecule has 6 nitrogen and oxygen atoms in total. The summed E-state index contributed by atoms with van der Waals surface area (Å²) in [5, 5.41) is 14.2. The minimum Gasteiger partial charge on any atom is -0.504 e. The van der Waals surface area contributed by atoms with Crippen molar-refractivity contribution in [2.24, 2.45) is 0 Å². The average Bonchev–Trinajstić information content (AvgIpc) is 2.87. The van der Waals surface area contributed by atoms with Crippen molar-refractivity contribution in [3.8, 4) is 28.4 Å². The monoisotopic (exact) mass is 532 g/mol. The number of phenolic OH excluding ortho intramolecular Hbond substituents is 1. The Hall–Kier alpha value is -3.58. The number of ether oxygens (including phenoxy) is 2. The van der Waals surface area contributed by atoms with Gasteiger partial charge in [0.15, 0.2) is 11.5 Å². The number of thioether (sulfide) groups is 1. The molecule has 2 aromatic rings. The van der Waals surface area contributed by atoms with Gasteiger partial charge in [-0.2, -0.15) is 0 Å². The van der Waals surface area contributed by atoms with Crippen LogP contribution >= 0.6 is 11.8 Å². The van der Waals surface area contributed by atoms with Crippen LogP contribution in [0.2, 0.25) is 0 Å². The van der Waals surface area contributed by atoms with Gasteiger partial charge in [-0.1, -0.05) is 24.8 Å². The number of aromatic hydroxyl groups is 1. The second kappa shape index (κ2) is 11.0. The Morgan fingerprint density at radius 3 is 2.58 bits per heavy atom. The zero-order valence-electron chi connectivity index (χ0n) is 23.0. The number of carbonyl (C=O) groups is 1. The summed E-state index contributed by atoms with van der Waals surface area (Å²) in [4.78, 5) is 15.5. The van der Waals surface area contributed by atoms with Gasteiger partial charge in [0.25, 0.3) is 5.91 Å². The SMILES string of the molecule is C=C/C=C(\SC/C=C1\Oc2ccc(O)c(OC)c2-c2ccc3c(c21)C(C)=CC(C)(C)N3)C(=O)N(CC)CC. The number of carbonyl (C=O) groups excluding carboxylic acids is 1. The number of nitrogens with one attached hydrogen (secondary N) is 1. The van der Waals surface area contributed by atoms with Gasteiger partial charge in [0.1, 0.15) is 11.5 Å². The second-order valence-corrected chi connectivity index (χ2v) is 10.9. The first-order valence-corrected chi connectivity index (χ1v) is 13.8. The molecule has 1 amide bonds. The van der Waals surface area contributed by atoms with Crippen molar-refractivity contribution in [1.29, 1.82) is 0 Å². The van der Waals surface area contributed by atoms with Crippen LogP contribution in [-0.4, -0.2) is 47.4 Å². The van der Waals surface area contributed by atoms with E-state index in [1.165, 1.54) is 11.8 Å². The molecule has 2 aliphatic heterocycles. The molecule has 0 saturated carbocycles. The number of hydrogen-bond acceptors (Lipinski definition) is 6. The molecule has 4 rings (SSSR count). The maximum Gasteiger partial charge on any atom is 0.260 e. The van der Waals surface area contributed by atoms with Crippen molar-refractivity contribution in [2.75, 3.05) is 31.3 Å². The van der Waals surface area contributed by atoms with Crippen molar-refractivity contribution < 1.29 is 19.4 Å². The van der Waals surface area contributed by atoms with E-state index in [-0.39, 0.29) is 17.2 Å². The van der Waals surface area contributed by atoms with Crippen molar-refractivity contribution in [3.63, 3.8) is 0 Å². The summed E-state index contributed by atoms with van der Waals surface area (Å²) in [6.07, 6.45) is 7.65. The van der Waals surface area contributed by atoms with E-state index >= 15 is 0 Å². The van der Waals surface area contributed by atoms with Crippen LogP contribution in [0.5, 0.6) is 17.2 Å².